The maximum Gasteiger partial charge on any atom is 0.319 e. The third-order valence-corrected chi connectivity index (χ3v) is 3.18. The summed E-state index contributed by atoms with van der Waals surface area (Å²) in [6.07, 6.45) is 0. The van der Waals surface area contributed by atoms with Crippen LogP contribution in [0.25, 0.3) is 0 Å². The molecule has 110 valence electrons. The van der Waals surface area contributed by atoms with Crippen LogP contribution in [0, 0.1) is 0 Å². The van der Waals surface area contributed by atoms with Crippen LogP contribution in [0.1, 0.15) is 12.5 Å². The number of urea groups is 1. The Bertz CT molecular complexity index is 480. The van der Waals surface area contributed by atoms with Crippen LogP contribution in [-0.4, -0.2) is 32.1 Å². The Morgan fingerprint density at radius 2 is 1.95 bits per heavy atom. The number of hydrogen-bond donors (Lipinski definition) is 3. The number of methoxy groups -OCH3 is 1. The maximum atomic E-state index is 11.7. The molecule has 6 nitrogen and oxygen atoms in total. The van der Waals surface area contributed by atoms with Crippen LogP contribution in [-0.2, 0) is 16.1 Å². The highest BCUT2D eigenvalue weighted by Gasteiger charge is 2.09. The molecule has 1 aromatic carbocycles. The smallest absolute Gasteiger partial charge is 0.319 e. The maximum absolute atomic E-state index is 11.7. The van der Waals surface area contributed by atoms with Crippen LogP contribution < -0.4 is 16.0 Å². The lowest BCUT2D eigenvalue weighted by Crippen LogP contribution is -2.36. The molecule has 20 heavy (non-hydrogen) atoms. The second-order valence-corrected chi connectivity index (χ2v) is 4.92. The number of anilines is 1. The fourth-order valence-electron chi connectivity index (χ4n) is 1.55. The number of carbonyl (C=O) groups excluding carboxylic acids is 2. The fourth-order valence-corrected chi connectivity index (χ4v) is 2.03. The summed E-state index contributed by atoms with van der Waals surface area (Å²) >= 11 is 3.42. The molecular formula is C13H18BrN3O3. The summed E-state index contributed by atoms with van der Waals surface area (Å²) in [7, 11) is 1.59. The predicted molar refractivity (Wildman–Crippen MR) is 80.6 cm³/mol. The van der Waals surface area contributed by atoms with Crippen molar-refractivity contribution < 1.29 is 14.3 Å². The number of ether oxygens (including phenoxy) is 1. The van der Waals surface area contributed by atoms with Gasteiger partial charge in [-0.2, -0.15) is 0 Å². The van der Waals surface area contributed by atoms with Gasteiger partial charge in [0.15, 0.2) is 0 Å². The van der Waals surface area contributed by atoms with Crippen LogP contribution in [0.3, 0.4) is 0 Å². The first-order valence-corrected chi connectivity index (χ1v) is 6.89. The molecule has 3 N–H and O–H groups in total. The van der Waals surface area contributed by atoms with Gasteiger partial charge in [-0.1, -0.05) is 22.0 Å². The van der Waals surface area contributed by atoms with Crippen molar-refractivity contribution in [2.45, 2.75) is 13.5 Å². The molecule has 0 bridgehead atoms. The highest BCUT2D eigenvalue weighted by molar-refractivity contribution is 9.10. The Balaban J connectivity index is 2.53. The van der Waals surface area contributed by atoms with Crippen LogP contribution in [0.4, 0.5) is 10.5 Å². The molecule has 0 aliphatic rings. The zero-order chi connectivity index (χ0) is 15.0. The van der Waals surface area contributed by atoms with E-state index in [1.807, 2.05) is 12.1 Å². The highest BCUT2D eigenvalue weighted by Crippen LogP contribution is 2.25. The molecule has 0 aromatic heterocycles. The zero-order valence-corrected chi connectivity index (χ0v) is 13.0. The van der Waals surface area contributed by atoms with Crippen molar-refractivity contribution in [3.63, 3.8) is 0 Å². The molecule has 0 atom stereocenters. The molecule has 1 rings (SSSR count). The van der Waals surface area contributed by atoms with E-state index < -0.39 is 0 Å². The molecule has 0 heterocycles. The van der Waals surface area contributed by atoms with Gasteiger partial charge in [-0.25, -0.2) is 4.79 Å². The molecule has 3 amide bonds. The van der Waals surface area contributed by atoms with Crippen molar-refractivity contribution in [2.24, 2.45) is 0 Å². The summed E-state index contributed by atoms with van der Waals surface area (Å²) in [6, 6.07) is 5.18. The Kier molecular flexibility index (Phi) is 7.03. The number of halogens is 1. The number of hydrogen-bond acceptors (Lipinski definition) is 3. The predicted octanol–water partition coefficient (Wildman–Crippen LogP) is 1.85. The Morgan fingerprint density at radius 3 is 2.60 bits per heavy atom. The van der Waals surface area contributed by atoms with Gasteiger partial charge in [0.05, 0.1) is 6.61 Å². The Morgan fingerprint density at radius 1 is 1.25 bits per heavy atom. The van der Waals surface area contributed by atoms with Gasteiger partial charge in [-0.05, 0) is 12.1 Å². The molecule has 7 heteroatoms. The lowest BCUT2D eigenvalue weighted by atomic mass is 10.2. The van der Waals surface area contributed by atoms with Gasteiger partial charge in [0, 0.05) is 42.8 Å². The first kappa shape index (κ1) is 16.5. The largest absolute Gasteiger partial charge is 0.380 e. The first-order chi connectivity index (χ1) is 9.54. The van der Waals surface area contributed by atoms with Gasteiger partial charge >= 0.3 is 6.03 Å². The van der Waals surface area contributed by atoms with Crippen molar-refractivity contribution >= 4 is 33.6 Å². The SMILES string of the molecule is COCc1c(Br)cccc1NC(=O)NCCNC(C)=O. The molecule has 0 aliphatic carbocycles. The molecular weight excluding hydrogens is 326 g/mol. The standard InChI is InChI=1S/C13H18BrN3O3/c1-9(18)15-6-7-16-13(19)17-12-5-3-4-11(14)10(12)8-20-2/h3-5H,6-8H2,1-2H3,(H,15,18)(H2,16,17,19). The van der Waals surface area contributed by atoms with Gasteiger partial charge < -0.3 is 20.7 Å². The van der Waals surface area contributed by atoms with Crippen molar-refractivity contribution in [1.82, 2.24) is 10.6 Å². The monoisotopic (exact) mass is 343 g/mol. The van der Waals surface area contributed by atoms with E-state index in [9.17, 15) is 9.59 Å². The summed E-state index contributed by atoms with van der Waals surface area (Å²) in [5.74, 6) is -0.124. The second kappa shape index (κ2) is 8.55. The number of benzene rings is 1. The lowest BCUT2D eigenvalue weighted by molar-refractivity contribution is -0.118. The van der Waals surface area contributed by atoms with Crippen LogP contribution in [0.2, 0.25) is 0 Å². The number of rotatable bonds is 6. The minimum Gasteiger partial charge on any atom is -0.380 e. The van der Waals surface area contributed by atoms with Crippen LogP contribution in [0.5, 0.6) is 0 Å². The van der Waals surface area contributed by atoms with E-state index in [2.05, 4.69) is 31.9 Å². The molecule has 0 unspecified atom stereocenters. The fraction of sp³-hybridized carbons (Fsp3) is 0.385. The quantitative estimate of drug-likeness (QED) is 0.689. The van der Waals surface area contributed by atoms with Gasteiger partial charge in [-0.3, -0.25) is 4.79 Å². The third-order valence-electron chi connectivity index (χ3n) is 2.44. The topological polar surface area (TPSA) is 79.5 Å². The van der Waals surface area contributed by atoms with E-state index in [1.54, 1.807) is 13.2 Å². The minimum absolute atomic E-state index is 0.124. The van der Waals surface area contributed by atoms with Crippen molar-refractivity contribution in [3.8, 4) is 0 Å². The molecule has 0 saturated heterocycles. The molecule has 0 saturated carbocycles. The van der Waals surface area contributed by atoms with Crippen LogP contribution >= 0.6 is 15.9 Å². The van der Waals surface area contributed by atoms with E-state index in [0.29, 0.717) is 25.4 Å². The molecule has 0 radical (unpaired) electrons. The van der Waals surface area contributed by atoms with Crippen molar-refractivity contribution in [3.05, 3.63) is 28.2 Å². The average molecular weight is 344 g/mol. The third kappa shape index (κ3) is 5.58. The minimum atomic E-state index is -0.328. The van der Waals surface area contributed by atoms with Gasteiger partial charge in [0.1, 0.15) is 0 Å². The summed E-state index contributed by atoms with van der Waals surface area (Å²) in [5.41, 5.74) is 1.55. The summed E-state index contributed by atoms with van der Waals surface area (Å²) < 4.78 is 5.98. The summed E-state index contributed by atoms with van der Waals surface area (Å²) in [4.78, 5) is 22.4. The molecule has 0 aliphatic heterocycles. The zero-order valence-electron chi connectivity index (χ0n) is 11.5. The second-order valence-electron chi connectivity index (χ2n) is 4.06. The van der Waals surface area contributed by atoms with E-state index in [4.69, 9.17) is 4.74 Å². The van der Waals surface area contributed by atoms with E-state index >= 15 is 0 Å². The van der Waals surface area contributed by atoms with Crippen molar-refractivity contribution in [1.29, 1.82) is 0 Å². The summed E-state index contributed by atoms with van der Waals surface area (Å²) in [5, 5.41) is 8.00. The van der Waals surface area contributed by atoms with Crippen molar-refractivity contribution in [2.75, 3.05) is 25.5 Å². The Labute approximate surface area is 126 Å². The normalized spacial score (nSPS) is 9.95. The number of carbonyl (C=O) groups is 2. The van der Waals surface area contributed by atoms with Crippen LogP contribution in [0.15, 0.2) is 22.7 Å². The van der Waals surface area contributed by atoms with E-state index in [-0.39, 0.29) is 11.9 Å². The first-order valence-electron chi connectivity index (χ1n) is 6.10. The van der Waals surface area contributed by atoms with E-state index in [0.717, 1.165) is 10.0 Å². The Hall–Kier alpha value is -1.60. The molecule has 0 spiro atoms. The molecule has 1 aromatic rings. The van der Waals surface area contributed by atoms with Gasteiger partial charge in [-0.15, -0.1) is 0 Å². The average Bonchev–Trinajstić information content (AvgIpc) is 2.39. The molecule has 0 fully saturated rings. The number of amides is 3. The van der Waals surface area contributed by atoms with Gasteiger partial charge in [0.25, 0.3) is 0 Å². The highest BCUT2D eigenvalue weighted by atomic mass is 79.9. The van der Waals surface area contributed by atoms with Gasteiger partial charge in [0.2, 0.25) is 5.91 Å². The number of nitrogens with one attached hydrogen (secondary N) is 3. The van der Waals surface area contributed by atoms with E-state index in [1.165, 1.54) is 6.92 Å². The summed E-state index contributed by atoms with van der Waals surface area (Å²) in [6.45, 7) is 2.58. The lowest BCUT2D eigenvalue weighted by Gasteiger charge is -2.13.